The van der Waals surface area contributed by atoms with E-state index in [9.17, 15) is 19.7 Å². The van der Waals surface area contributed by atoms with Crippen molar-refractivity contribution in [2.24, 2.45) is 0 Å². The van der Waals surface area contributed by atoms with Crippen molar-refractivity contribution in [3.05, 3.63) is 103 Å². The maximum Gasteiger partial charge on any atom is 0.336 e. The number of methoxy groups -OCH3 is 1. The topological polar surface area (TPSA) is 98.5 Å². The Morgan fingerprint density at radius 2 is 1.81 bits per heavy atom. The number of nitrogens with zero attached hydrogens (tertiary/aromatic N) is 1. The smallest absolute Gasteiger partial charge is 0.336 e. The summed E-state index contributed by atoms with van der Waals surface area (Å²) in [4.78, 5) is 38.0. The molecule has 0 saturated carbocycles. The second kappa shape index (κ2) is 8.39. The van der Waals surface area contributed by atoms with Crippen molar-refractivity contribution in [2.75, 3.05) is 7.11 Å². The zero-order valence-electron chi connectivity index (χ0n) is 17.7. The van der Waals surface area contributed by atoms with Gasteiger partial charge < -0.3 is 10.1 Å². The van der Waals surface area contributed by atoms with Crippen LogP contribution < -0.4 is 10.7 Å². The van der Waals surface area contributed by atoms with Crippen LogP contribution in [-0.2, 0) is 9.53 Å². The first-order valence-corrected chi connectivity index (χ1v) is 10.7. The van der Waals surface area contributed by atoms with Gasteiger partial charge in [-0.1, -0.05) is 42.5 Å². The molecule has 1 aliphatic heterocycles. The van der Waals surface area contributed by atoms with Gasteiger partial charge in [-0.2, -0.15) is 0 Å². The molecule has 0 saturated heterocycles. The molecule has 7 nitrogen and oxygen atoms in total. The highest BCUT2D eigenvalue weighted by atomic mass is 32.1. The molecular weight excluding hydrogens is 428 g/mol. The highest BCUT2D eigenvalue weighted by Crippen LogP contribution is 2.43. The number of nitro groups is 1. The molecule has 0 amide bonds. The Bertz CT molecular complexity index is 1370. The van der Waals surface area contributed by atoms with Crippen LogP contribution in [0.15, 0.2) is 82.1 Å². The summed E-state index contributed by atoms with van der Waals surface area (Å²) >= 11 is 1.37. The number of esters is 1. The highest BCUT2D eigenvalue weighted by Gasteiger charge is 2.41. The molecule has 4 rings (SSSR count). The summed E-state index contributed by atoms with van der Waals surface area (Å²) in [6.07, 6.45) is 0. The molecule has 0 bridgehead atoms. The van der Waals surface area contributed by atoms with Gasteiger partial charge in [-0.25, -0.2) is 4.79 Å². The molecular formula is C24H20N2O5S. The third kappa shape index (κ3) is 3.58. The monoisotopic (exact) mass is 448 g/mol. The largest absolute Gasteiger partial charge is 0.466 e. The minimum absolute atomic E-state index is 0.145. The van der Waals surface area contributed by atoms with Gasteiger partial charge in [-0.15, -0.1) is 11.3 Å². The van der Waals surface area contributed by atoms with E-state index in [0.29, 0.717) is 27.0 Å². The third-order valence-corrected chi connectivity index (χ3v) is 6.72. The molecule has 2 heterocycles. The number of fused-ring (bicyclic) bond motifs is 1. The average molecular weight is 449 g/mol. The van der Waals surface area contributed by atoms with Gasteiger partial charge in [0, 0.05) is 26.7 Å². The zero-order chi connectivity index (χ0) is 23.0. The van der Waals surface area contributed by atoms with Crippen LogP contribution in [0.2, 0.25) is 0 Å². The molecule has 8 heteroatoms. The normalized spacial score (nSPS) is 16.2. The molecule has 162 valence electrons. The summed E-state index contributed by atoms with van der Waals surface area (Å²) in [5.41, 5.74) is 2.04. The molecule has 2 aromatic carbocycles. The van der Waals surface area contributed by atoms with Crippen LogP contribution in [0.4, 0.5) is 0 Å². The molecule has 32 heavy (non-hydrogen) atoms. The number of hydrogen-bond acceptors (Lipinski definition) is 7. The Morgan fingerprint density at radius 1 is 1.09 bits per heavy atom. The maximum atomic E-state index is 13.0. The third-order valence-electron chi connectivity index (χ3n) is 5.48. The summed E-state index contributed by atoms with van der Waals surface area (Å²) in [5.74, 6) is -1.64. The summed E-state index contributed by atoms with van der Waals surface area (Å²) < 4.78 is 5.57. The van der Waals surface area contributed by atoms with Crippen LogP contribution in [0.1, 0.15) is 25.3 Å². The van der Waals surface area contributed by atoms with Crippen molar-refractivity contribution in [3.63, 3.8) is 0 Å². The molecule has 1 aliphatic rings. The Morgan fingerprint density at radius 3 is 2.47 bits per heavy atom. The van der Waals surface area contributed by atoms with Gasteiger partial charge in [0.25, 0.3) is 5.70 Å². The Labute approximate surface area is 187 Å². The molecule has 3 aromatic rings. The predicted molar refractivity (Wildman–Crippen MR) is 124 cm³/mol. The lowest BCUT2D eigenvalue weighted by Gasteiger charge is -2.26. The van der Waals surface area contributed by atoms with E-state index in [0.717, 1.165) is 10.4 Å². The minimum Gasteiger partial charge on any atom is -0.466 e. The van der Waals surface area contributed by atoms with Crippen molar-refractivity contribution in [3.8, 4) is 10.4 Å². The Kier molecular flexibility index (Phi) is 5.63. The SMILES string of the molecule is COC(=O)C1=C(C)NC(C)=C([N+](=O)[O-])C1c1cccc2c(=O)cc(-c3ccccc3)sc12. The molecule has 1 unspecified atom stereocenters. The van der Waals surface area contributed by atoms with E-state index in [1.54, 1.807) is 38.1 Å². The van der Waals surface area contributed by atoms with E-state index in [2.05, 4.69) is 5.32 Å². The highest BCUT2D eigenvalue weighted by molar-refractivity contribution is 7.21. The van der Waals surface area contributed by atoms with E-state index in [4.69, 9.17) is 4.74 Å². The van der Waals surface area contributed by atoms with E-state index in [-0.39, 0.29) is 16.7 Å². The van der Waals surface area contributed by atoms with Gasteiger partial charge in [-0.05, 0) is 31.0 Å². The quantitative estimate of drug-likeness (QED) is 0.357. The van der Waals surface area contributed by atoms with Crippen molar-refractivity contribution < 1.29 is 14.5 Å². The first-order chi connectivity index (χ1) is 15.3. The lowest BCUT2D eigenvalue weighted by Crippen LogP contribution is -2.31. The van der Waals surface area contributed by atoms with Crippen LogP contribution in [0, 0.1) is 10.1 Å². The Hall–Kier alpha value is -3.78. The van der Waals surface area contributed by atoms with Crippen molar-refractivity contribution in [2.45, 2.75) is 19.8 Å². The number of nitrogens with one attached hydrogen (secondary N) is 1. The number of hydrogen-bond donors (Lipinski definition) is 1. The van der Waals surface area contributed by atoms with E-state index < -0.39 is 16.8 Å². The van der Waals surface area contributed by atoms with Crippen molar-refractivity contribution in [1.29, 1.82) is 0 Å². The molecule has 1 N–H and O–H groups in total. The van der Waals surface area contributed by atoms with Gasteiger partial charge in [-0.3, -0.25) is 14.9 Å². The lowest BCUT2D eigenvalue weighted by atomic mass is 9.83. The van der Waals surface area contributed by atoms with E-state index in [1.807, 2.05) is 30.3 Å². The number of carbonyl (C=O) groups excluding carboxylic acids is 1. The number of ether oxygens (including phenoxy) is 1. The first-order valence-electron chi connectivity index (χ1n) is 9.87. The van der Waals surface area contributed by atoms with Gasteiger partial charge >= 0.3 is 5.97 Å². The van der Waals surface area contributed by atoms with E-state index >= 15 is 0 Å². The number of allylic oxidation sites excluding steroid dienone is 3. The van der Waals surface area contributed by atoms with Gasteiger partial charge in [0.1, 0.15) is 5.92 Å². The van der Waals surface area contributed by atoms with E-state index in [1.165, 1.54) is 18.4 Å². The zero-order valence-corrected chi connectivity index (χ0v) is 18.5. The summed E-state index contributed by atoms with van der Waals surface area (Å²) in [7, 11) is 1.24. The number of rotatable bonds is 4. The van der Waals surface area contributed by atoms with Gasteiger partial charge in [0.2, 0.25) is 0 Å². The molecule has 1 atom stereocenters. The average Bonchev–Trinajstić information content (AvgIpc) is 2.78. The fraction of sp³-hybridized carbons (Fsp3) is 0.167. The minimum atomic E-state index is -0.982. The standard InChI is InChI=1S/C24H20N2O5S/c1-13-20(24(28)31-3)21(22(26(29)30)14(2)25-13)17-11-7-10-16-18(27)12-19(32-23(16)17)15-8-5-4-6-9-15/h4-12,21,25H,1-3H3. The van der Waals surface area contributed by atoms with Crippen LogP contribution in [0.25, 0.3) is 20.5 Å². The van der Waals surface area contributed by atoms with Crippen LogP contribution in [0.3, 0.4) is 0 Å². The molecule has 0 fully saturated rings. The molecule has 0 spiro atoms. The van der Waals surface area contributed by atoms with Crippen LogP contribution in [-0.4, -0.2) is 18.0 Å². The van der Waals surface area contributed by atoms with Crippen molar-refractivity contribution >= 4 is 27.4 Å². The number of benzene rings is 2. The van der Waals surface area contributed by atoms with Crippen LogP contribution in [0.5, 0.6) is 0 Å². The second-order valence-electron chi connectivity index (χ2n) is 7.42. The molecule has 0 aliphatic carbocycles. The van der Waals surface area contributed by atoms with Gasteiger partial charge in [0.15, 0.2) is 5.43 Å². The molecule has 0 radical (unpaired) electrons. The fourth-order valence-electron chi connectivity index (χ4n) is 4.08. The second-order valence-corrected chi connectivity index (χ2v) is 8.47. The predicted octanol–water partition coefficient (Wildman–Crippen LogP) is 4.57. The van der Waals surface area contributed by atoms with Crippen LogP contribution >= 0.6 is 11.3 Å². The summed E-state index contributed by atoms with van der Waals surface area (Å²) in [6.45, 7) is 3.29. The Balaban J connectivity index is 2.06. The van der Waals surface area contributed by atoms with Gasteiger partial charge in [0.05, 0.1) is 23.3 Å². The lowest BCUT2D eigenvalue weighted by molar-refractivity contribution is -0.431. The first kappa shape index (κ1) is 21.5. The maximum absolute atomic E-state index is 13.0. The molecule has 1 aromatic heterocycles. The van der Waals surface area contributed by atoms with Crippen molar-refractivity contribution in [1.82, 2.24) is 5.32 Å². The summed E-state index contributed by atoms with van der Waals surface area (Å²) in [5, 5.41) is 15.5. The fourth-order valence-corrected chi connectivity index (χ4v) is 5.30. The number of carbonyl (C=O) groups is 1. The summed E-state index contributed by atoms with van der Waals surface area (Å²) in [6, 6.07) is 16.2. The number of dihydropyridines is 1.